The van der Waals surface area contributed by atoms with Crippen molar-refractivity contribution in [1.82, 2.24) is 4.57 Å². The summed E-state index contributed by atoms with van der Waals surface area (Å²) in [5, 5.41) is 21.2. The van der Waals surface area contributed by atoms with Gasteiger partial charge >= 0.3 is 5.97 Å². The maximum atomic E-state index is 11.9. The monoisotopic (exact) mass is 379 g/mol. The van der Waals surface area contributed by atoms with E-state index in [0.29, 0.717) is 17.4 Å². The number of rotatable bonds is 6. The fourth-order valence-electron chi connectivity index (χ4n) is 3.01. The number of phenols is 1. The maximum absolute atomic E-state index is 11.9. The number of aliphatic hydroxyl groups is 1. The van der Waals surface area contributed by atoms with Crippen molar-refractivity contribution in [3.63, 3.8) is 0 Å². The van der Waals surface area contributed by atoms with E-state index in [1.54, 1.807) is 19.2 Å². The highest BCUT2D eigenvalue weighted by Crippen LogP contribution is 2.33. The molecule has 0 unspecified atom stereocenters. The molecule has 144 valence electrons. The zero-order chi connectivity index (χ0) is 20.3. The summed E-state index contributed by atoms with van der Waals surface area (Å²) in [6, 6.07) is 13.0. The van der Waals surface area contributed by atoms with E-state index in [1.165, 1.54) is 6.07 Å². The largest absolute Gasteiger partial charge is 0.507 e. The van der Waals surface area contributed by atoms with Crippen LogP contribution in [0, 0.1) is 6.92 Å². The van der Waals surface area contributed by atoms with E-state index >= 15 is 0 Å². The Balaban J connectivity index is 2.04. The first-order valence-corrected chi connectivity index (χ1v) is 8.89. The van der Waals surface area contributed by atoms with E-state index in [9.17, 15) is 19.8 Å². The zero-order valence-corrected chi connectivity index (χ0v) is 15.7. The predicted molar refractivity (Wildman–Crippen MR) is 106 cm³/mol. The first-order valence-electron chi connectivity index (χ1n) is 8.89. The molecule has 0 aliphatic rings. The lowest BCUT2D eigenvalue weighted by Crippen LogP contribution is -2.15. The van der Waals surface area contributed by atoms with Crippen LogP contribution in [0.5, 0.6) is 5.75 Å². The fraction of sp³-hybridized carbons (Fsp3) is 0.182. The number of carbonyl (C=O) groups excluding carboxylic acids is 2. The highest BCUT2D eigenvalue weighted by Gasteiger charge is 2.19. The van der Waals surface area contributed by atoms with Crippen LogP contribution in [0.4, 0.5) is 0 Å². The van der Waals surface area contributed by atoms with Crippen molar-refractivity contribution < 1.29 is 24.5 Å². The molecule has 1 aromatic heterocycles. The number of aromatic hydroxyl groups is 1. The number of nitrogens with zero attached hydrogens (tertiary/aromatic N) is 1. The molecule has 0 aliphatic carbocycles. The van der Waals surface area contributed by atoms with Gasteiger partial charge in [-0.1, -0.05) is 35.9 Å². The second-order valence-electron chi connectivity index (χ2n) is 6.44. The summed E-state index contributed by atoms with van der Waals surface area (Å²) in [5.41, 5.74) is 3.15. The van der Waals surface area contributed by atoms with Crippen LogP contribution < -0.4 is 0 Å². The minimum absolute atomic E-state index is 0.0290. The maximum Gasteiger partial charge on any atom is 0.379 e. The average Bonchev–Trinajstić information content (AvgIpc) is 3.04. The first kappa shape index (κ1) is 19.2. The number of esters is 1. The van der Waals surface area contributed by atoms with Crippen LogP contribution in [0.3, 0.4) is 0 Å². The number of ketones is 1. The Bertz CT molecular complexity index is 1060. The van der Waals surface area contributed by atoms with E-state index in [2.05, 4.69) is 4.74 Å². The number of aryl methyl sites for hydroxylation is 1. The van der Waals surface area contributed by atoms with E-state index in [-0.39, 0.29) is 17.9 Å². The van der Waals surface area contributed by atoms with Crippen LogP contribution in [0.1, 0.15) is 23.6 Å². The van der Waals surface area contributed by atoms with Crippen molar-refractivity contribution >= 4 is 28.4 Å². The van der Waals surface area contributed by atoms with E-state index < -0.39 is 17.5 Å². The third-order valence-electron chi connectivity index (χ3n) is 4.38. The summed E-state index contributed by atoms with van der Waals surface area (Å²) < 4.78 is 6.52. The topological polar surface area (TPSA) is 88.8 Å². The number of hydrogen-bond acceptors (Lipinski definition) is 5. The van der Waals surface area contributed by atoms with E-state index in [1.807, 2.05) is 41.8 Å². The predicted octanol–water partition coefficient (Wildman–Crippen LogP) is 3.73. The van der Waals surface area contributed by atoms with Gasteiger partial charge in [-0.2, -0.15) is 0 Å². The Hall–Kier alpha value is -3.54. The summed E-state index contributed by atoms with van der Waals surface area (Å²) in [7, 11) is 0. The van der Waals surface area contributed by atoms with Gasteiger partial charge in [0.1, 0.15) is 11.5 Å². The van der Waals surface area contributed by atoms with Gasteiger partial charge in [-0.3, -0.25) is 4.79 Å². The molecule has 6 nitrogen and oxygen atoms in total. The molecule has 6 heteroatoms. The van der Waals surface area contributed by atoms with Crippen LogP contribution in [-0.4, -0.2) is 33.1 Å². The second-order valence-corrected chi connectivity index (χ2v) is 6.44. The van der Waals surface area contributed by atoms with Gasteiger partial charge in [0, 0.05) is 24.4 Å². The Morgan fingerprint density at radius 2 is 1.86 bits per heavy atom. The van der Waals surface area contributed by atoms with Crippen LogP contribution in [-0.2, 0) is 20.9 Å². The SMILES string of the molecule is CCOC(=O)C(=O)C=C(O)c1cn(Cc2ccc(C)cc2)c2cccc(O)c12. The fourth-order valence-corrected chi connectivity index (χ4v) is 3.01. The molecule has 0 spiro atoms. The molecular weight excluding hydrogens is 358 g/mol. The summed E-state index contributed by atoms with van der Waals surface area (Å²) in [5.74, 6) is -2.44. The third-order valence-corrected chi connectivity index (χ3v) is 4.38. The van der Waals surface area contributed by atoms with Gasteiger partial charge in [-0.25, -0.2) is 4.79 Å². The number of aliphatic hydroxyl groups excluding tert-OH is 1. The quantitative estimate of drug-likeness (QED) is 0.295. The molecule has 2 aromatic carbocycles. The molecule has 0 amide bonds. The van der Waals surface area contributed by atoms with Crippen molar-refractivity contribution in [3.05, 3.63) is 71.4 Å². The summed E-state index contributed by atoms with van der Waals surface area (Å²) in [6.45, 7) is 4.18. The van der Waals surface area contributed by atoms with Crippen LogP contribution in [0.15, 0.2) is 54.7 Å². The molecule has 28 heavy (non-hydrogen) atoms. The zero-order valence-electron chi connectivity index (χ0n) is 15.7. The second kappa shape index (κ2) is 8.00. The van der Waals surface area contributed by atoms with Gasteiger partial charge in [-0.15, -0.1) is 0 Å². The molecule has 0 saturated heterocycles. The number of aromatic nitrogens is 1. The van der Waals surface area contributed by atoms with E-state index in [4.69, 9.17) is 0 Å². The lowest BCUT2D eigenvalue weighted by molar-refractivity contribution is -0.151. The van der Waals surface area contributed by atoms with Gasteiger partial charge in [-0.05, 0) is 31.5 Å². The molecule has 0 saturated carbocycles. The van der Waals surface area contributed by atoms with E-state index in [0.717, 1.165) is 17.2 Å². The van der Waals surface area contributed by atoms with Crippen LogP contribution in [0.25, 0.3) is 16.7 Å². The Kier molecular flexibility index (Phi) is 5.49. The van der Waals surface area contributed by atoms with Gasteiger partial charge in [0.25, 0.3) is 5.78 Å². The Morgan fingerprint density at radius 3 is 2.54 bits per heavy atom. The highest BCUT2D eigenvalue weighted by molar-refractivity contribution is 6.39. The molecule has 1 heterocycles. The number of phenolic OH excluding ortho intramolecular Hbond substituents is 1. The van der Waals surface area contributed by atoms with Gasteiger partial charge in [0.15, 0.2) is 0 Å². The standard InChI is InChI=1S/C22H21NO5/c1-3-28-22(27)20(26)11-19(25)16-13-23(12-15-9-7-14(2)8-10-15)17-5-4-6-18(24)21(16)17/h4-11,13,24-25H,3,12H2,1-2H3. The lowest BCUT2D eigenvalue weighted by atomic mass is 10.1. The Labute approximate surface area is 162 Å². The molecule has 2 N–H and O–H groups in total. The molecule has 0 bridgehead atoms. The number of fused-ring (bicyclic) bond motifs is 1. The molecule has 3 aromatic rings. The molecule has 0 fully saturated rings. The van der Waals surface area contributed by atoms with Gasteiger partial charge in [0.05, 0.1) is 17.5 Å². The average molecular weight is 379 g/mol. The number of benzene rings is 2. The summed E-state index contributed by atoms with van der Waals surface area (Å²) in [4.78, 5) is 23.4. The number of ether oxygens (including phenoxy) is 1. The Morgan fingerprint density at radius 1 is 1.14 bits per heavy atom. The smallest absolute Gasteiger partial charge is 0.379 e. The number of hydrogen-bond donors (Lipinski definition) is 2. The van der Waals surface area contributed by atoms with Crippen molar-refractivity contribution in [2.45, 2.75) is 20.4 Å². The minimum atomic E-state index is -1.04. The first-order chi connectivity index (χ1) is 13.4. The molecule has 3 rings (SSSR count). The highest BCUT2D eigenvalue weighted by atomic mass is 16.5. The molecule has 0 atom stereocenters. The minimum Gasteiger partial charge on any atom is -0.507 e. The normalized spacial score (nSPS) is 11.6. The van der Waals surface area contributed by atoms with Crippen molar-refractivity contribution in [2.75, 3.05) is 6.61 Å². The molecule has 0 radical (unpaired) electrons. The van der Waals surface area contributed by atoms with Gasteiger partial charge in [0.2, 0.25) is 0 Å². The molecular formula is C22H21NO5. The van der Waals surface area contributed by atoms with Crippen molar-refractivity contribution in [1.29, 1.82) is 0 Å². The summed E-state index contributed by atoms with van der Waals surface area (Å²) in [6.07, 6.45) is 2.46. The summed E-state index contributed by atoms with van der Waals surface area (Å²) >= 11 is 0. The molecule has 0 aliphatic heterocycles. The van der Waals surface area contributed by atoms with Crippen LogP contribution >= 0.6 is 0 Å². The van der Waals surface area contributed by atoms with Crippen molar-refractivity contribution in [2.24, 2.45) is 0 Å². The van der Waals surface area contributed by atoms with Gasteiger partial charge < -0.3 is 19.5 Å². The third kappa shape index (κ3) is 3.91. The lowest BCUT2D eigenvalue weighted by Gasteiger charge is -2.06. The number of carbonyl (C=O) groups is 2. The van der Waals surface area contributed by atoms with Crippen LogP contribution in [0.2, 0.25) is 0 Å². The van der Waals surface area contributed by atoms with Crippen molar-refractivity contribution in [3.8, 4) is 5.75 Å².